The highest BCUT2D eigenvalue weighted by atomic mass is 16.5. The zero-order valence-electron chi connectivity index (χ0n) is 10.4. The Kier molecular flexibility index (Phi) is 3.53. The normalized spacial score (nSPS) is 12.4. The summed E-state index contributed by atoms with van der Waals surface area (Å²) >= 11 is 0. The van der Waals surface area contributed by atoms with Crippen LogP contribution in [0.1, 0.15) is 11.7 Å². The van der Waals surface area contributed by atoms with Crippen molar-refractivity contribution >= 4 is 0 Å². The lowest BCUT2D eigenvalue weighted by Gasteiger charge is -2.12. The fraction of sp³-hybridized carbons (Fsp3) is 0.308. The third-order valence-electron chi connectivity index (χ3n) is 2.87. The second-order valence-corrected chi connectivity index (χ2v) is 4.14. The molecule has 18 heavy (non-hydrogen) atoms. The highest BCUT2D eigenvalue weighted by Crippen LogP contribution is 2.19. The van der Waals surface area contributed by atoms with Gasteiger partial charge in [0.2, 0.25) is 0 Å². The Labute approximate surface area is 105 Å². The van der Waals surface area contributed by atoms with E-state index in [1.54, 1.807) is 38.7 Å². The van der Waals surface area contributed by atoms with Crippen molar-refractivity contribution in [3.63, 3.8) is 0 Å². The molecule has 5 nitrogen and oxygen atoms in total. The average Bonchev–Trinajstić information content (AvgIpc) is 2.71. The Morgan fingerprint density at radius 1 is 1.39 bits per heavy atom. The molecular formula is C13H16N2O3. The van der Waals surface area contributed by atoms with Gasteiger partial charge in [0.1, 0.15) is 5.75 Å². The lowest BCUT2D eigenvalue weighted by molar-refractivity contribution is 0.154. The molecule has 1 heterocycles. The van der Waals surface area contributed by atoms with Crippen LogP contribution in [0.5, 0.6) is 5.75 Å². The fourth-order valence-corrected chi connectivity index (χ4v) is 1.79. The Hall–Kier alpha value is -2.01. The van der Waals surface area contributed by atoms with Gasteiger partial charge in [-0.15, -0.1) is 0 Å². The molecular weight excluding hydrogens is 232 g/mol. The Bertz CT molecular complexity index is 586. The van der Waals surface area contributed by atoms with Crippen LogP contribution in [0.4, 0.5) is 0 Å². The van der Waals surface area contributed by atoms with Gasteiger partial charge >= 0.3 is 5.69 Å². The summed E-state index contributed by atoms with van der Waals surface area (Å²) in [7, 11) is 3.25. The lowest BCUT2D eigenvalue weighted by atomic mass is 10.1. The predicted octanol–water partition coefficient (Wildman–Crippen LogP) is 0.929. The molecule has 0 aliphatic rings. The predicted molar refractivity (Wildman–Crippen MR) is 67.6 cm³/mol. The average molecular weight is 248 g/mol. The van der Waals surface area contributed by atoms with Crippen molar-refractivity contribution in [2.24, 2.45) is 7.05 Å². The van der Waals surface area contributed by atoms with Crippen LogP contribution in [0.15, 0.2) is 41.5 Å². The van der Waals surface area contributed by atoms with E-state index in [0.29, 0.717) is 5.75 Å². The summed E-state index contributed by atoms with van der Waals surface area (Å²) < 4.78 is 8.05. The zero-order chi connectivity index (χ0) is 13.1. The summed E-state index contributed by atoms with van der Waals surface area (Å²) in [5.41, 5.74) is 0.585. The summed E-state index contributed by atoms with van der Waals surface area (Å²) in [6.07, 6.45) is 2.59. The van der Waals surface area contributed by atoms with E-state index in [4.69, 9.17) is 4.74 Å². The van der Waals surface area contributed by atoms with Gasteiger partial charge in [-0.1, -0.05) is 12.1 Å². The van der Waals surface area contributed by atoms with Crippen molar-refractivity contribution in [1.82, 2.24) is 9.13 Å². The van der Waals surface area contributed by atoms with E-state index < -0.39 is 6.10 Å². The molecule has 0 bridgehead atoms. The van der Waals surface area contributed by atoms with Crippen LogP contribution in [0.2, 0.25) is 0 Å². The second kappa shape index (κ2) is 5.10. The number of benzene rings is 1. The highest BCUT2D eigenvalue weighted by Gasteiger charge is 2.11. The van der Waals surface area contributed by atoms with E-state index >= 15 is 0 Å². The first-order chi connectivity index (χ1) is 8.61. The summed E-state index contributed by atoms with van der Waals surface area (Å²) in [4.78, 5) is 11.6. The van der Waals surface area contributed by atoms with Gasteiger partial charge in [-0.25, -0.2) is 4.79 Å². The number of aryl methyl sites for hydroxylation is 1. The molecule has 1 N–H and O–H groups in total. The molecule has 0 radical (unpaired) electrons. The highest BCUT2D eigenvalue weighted by molar-refractivity contribution is 5.29. The van der Waals surface area contributed by atoms with Crippen molar-refractivity contribution in [1.29, 1.82) is 0 Å². The molecule has 0 aliphatic carbocycles. The fourth-order valence-electron chi connectivity index (χ4n) is 1.79. The van der Waals surface area contributed by atoms with Gasteiger partial charge in [0.25, 0.3) is 0 Å². The number of imidazole rings is 1. The van der Waals surface area contributed by atoms with E-state index in [-0.39, 0.29) is 12.2 Å². The molecule has 0 fully saturated rings. The minimum Gasteiger partial charge on any atom is -0.497 e. The Morgan fingerprint density at radius 3 is 2.78 bits per heavy atom. The minimum atomic E-state index is -0.736. The van der Waals surface area contributed by atoms with Crippen LogP contribution in [0.25, 0.3) is 0 Å². The van der Waals surface area contributed by atoms with Crippen LogP contribution in [-0.4, -0.2) is 21.4 Å². The quantitative estimate of drug-likeness (QED) is 0.875. The van der Waals surface area contributed by atoms with Gasteiger partial charge in [0, 0.05) is 19.4 Å². The molecule has 2 rings (SSSR count). The van der Waals surface area contributed by atoms with Crippen LogP contribution < -0.4 is 10.4 Å². The van der Waals surface area contributed by atoms with Crippen LogP contribution in [0, 0.1) is 0 Å². The SMILES string of the molecule is COc1cccc(C(O)Cn2ccn(C)c2=O)c1. The standard InChI is InChI=1S/C13H16N2O3/c1-14-6-7-15(13(14)17)9-12(16)10-4-3-5-11(8-10)18-2/h3-8,12,16H,9H2,1-2H3. The molecule has 1 aromatic heterocycles. The van der Waals surface area contributed by atoms with Gasteiger partial charge in [-0.05, 0) is 17.7 Å². The van der Waals surface area contributed by atoms with Crippen LogP contribution in [-0.2, 0) is 13.6 Å². The number of aliphatic hydroxyl groups is 1. The molecule has 1 unspecified atom stereocenters. The van der Waals surface area contributed by atoms with E-state index in [1.807, 2.05) is 12.1 Å². The number of methoxy groups -OCH3 is 1. The van der Waals surface area contributed by atoms with Gasteiger partial charge in [0.05, 0.1) is 19.8 Å². The minimum absolute atomic E-state index is 0.142. The lowest BCUT2D eigenvalue weighted by Crippen LogP contribution is -2.24. The number of hydrogen-bond donors (Lipinski definition) is 1. The number of aromatic nitrogens is 2. The van der Waals surface area contributed by atoms with Crippen molar-refractivity contribution in [3.05, 3.63) is 52.7 Å². The van der Waals surface area contributed by atoms with Gasteiger partial charge < -0.3 is 14.4 Å². The molecule has 96 valence electrons. The molecule has 0 amide bonds. The molecule has 1 atom stereocenters. The second-order valence-electron chi connectivity index (χ2n) is 4.14. The van der Waals surface area contributed by atoms with E-state index in [2.05, 4.69) is 0 Å². The van der Waals surface area contributed by atoms with E-state index in [1.165, 1.54) is 9.13 Å². The summed E-state index contributed by atoms with van der Waals surface area (Å²) in [6.45, 7) is 0.229. The number of ether oxygens (including phenoxy) is 1. The van der Waals surface area contributed by atoms with Gasteiger partial charge in [-0.3, -0.25) is 4.57 Å². The topological polar surface area (TPSA) is 56.4 Å². The number of aliphatic hydroxyl groups excluding tert-OH is 1. The first-order valence-electron chi connectivity index (χ1n) is 5.65. The Balaban J connectivity index is 2.19. The van der Waals surface area contributed by atoms with Crippen LogP contribution in [0.3, 0.4) is 0 Å². The first-order valence-corrected chi connectivity index (χ1v) is 5.65. The summed E-state index contributed by atoms with van der Waals surface area (Å²) in [5.74, 6) is 0.687. The summed E-state index contributed by atoms with van der Waals surface area (Å²) in [6, 6.07) is 7.19. The molecule has 0 aliphatic heterocycles. The summed E-state index contributed by atoms with van der Waals surface area (Å²) in [5, 5.41) is 10.1. The third-order valence-corrected chi connectivity index (χ3v) is 2.87. The smallest absolute Gasteiger partial charge is 0.327 e. The van der Waals surface area contributed by atoms with Gasteiger partial charge in [0.15, 0.2) is 0 Å². The first kappa shape index (κ1) is 12.4. The van der Waals surface area contributed by atoms with Crippen molar-refractivity contribution in [2.75, 3.05) is 7.11 Å². The number of hydrogen-bond acceptors (Lipinski definition) is 3. The maximum Gasteiger partial charge on any atom is 0.327 e. The maximum absolute atomic E-state index is 11.6. The Morgan fingerprint density at radius 2 is 2.17 bits per heavy atom. The molecule has 2 aromatic rings. The zero-order valence-corrected chi connectivity index (χ0v) is 10.4. The van der Waals surface area contributed by atoms with Gasteiger partial charge in [-0.2, -0.15) is 0 Å². The molecule has 1 aromatic carbocycles. The molecule has 0 saturated carbocycles. The maximum atomic E-state index is 11.6. The third kappa shape index (κ3) is 2.46. The van der Waals surface area contributed by atoms with Crippen LogP contribution >= 0.6 is 0 Å². The number of nitrogens with zero attached hydrogens (tertiary/aromatic N) is 2. The van der Waals surface area contributed by atoms with Crippen molar-refractivity contribution in [3.8, 4) is 5.75 Å². The monoisotopic (exact) mass is 248 g/mol. The number of rotatable bonds is 4. The van der Waals surface area contributed by atoms with Crippen molar-refractivity contribution in [2.45, 2.75) is 12.6 Å². The van der Waals surface area contributed by atoms with E-state index in [0.717, 1.165) is 5.56 Å². The molecule has 0 spiro atoms. The largest absolute Gasteiger partial charge is 0.497 e. The van der Waals surface area contributed by atoms with E-state index in [9.17, 15) is 9.90 Å². The molecule has 0 saturated heterocycles. The van der Waals surface area contributed by atoms with Crippen molar-refractivity contribution < 1.29 is 9.84 Å². The molecule has 5 heteroatoms.